The number of aromatic nitrogens is 2. The summed E-state index contributed by atoms with van der Waals surface area (Å²) in [4.78, 5) is 29.1. The van der Waals surface area contributed by atoms with Gasteiger partial charge in [-0.25, -0.2) is 0 Å². The summed E-state index contributed by atoms with van der Waals surface area (Å²) in [6, 6.07) is 29.4. The number of aliphatic hydroxyl groups is 1. The lowest BCUT2D eigenvalue weighted by molar-refractivity contribution is -0.132. The highest BCUT2D eigenvalue weighted by Gasteiger charge is 2.48. The Labute approximate surface area is 292 Å². The number of benzene rings is 4. The van der Waals surface area contributed by atoms with Gasteiger partial charge in [0.05, 0.1) is 18.2 Å². The predicted octanol–water partition coefficient (Wildman–Crippen LogP) is 7.76. The topological polar surface area (TPSA) is 111 Å². The minimum Gasteiger partial charge on any atom is -0.507 e. The highest BCUT2D eigenvalue weighted by molar-refractivity contribution is 8.00. The number of ether oxygens (including phenoxy) is 3. The zero-order chi connectivity index (χ0) is 33.9. The standard InChI is InChI=1S/C38H33N3O6S2/c1-3-45-31-20-26(14-17-30(31)46-21-24-10-6-4-7-11-24)33-32(34(42)27-15-16-29-28(19-27)18-23(2)47-29)35(43)36(44)41(33)37-39-40-38(49-37)48-22-25-12-8-5-9-13-25/h4-17,19-20,23,33,42H,3,18,21-22H2,1-2H3/b34-32+/t23-,33-/m0/s1. The molecule has 0 aliphatic carbocycles. The van der Waals surface area contributed by atoms with Crippen molar-refractivity contribution in [3.8, 4) is 17.2 Å². The van der Waals surface area contributed by atoms with Gasteiger partial charge in [-0.15, -0.1) is 10.2 Å². The molecule has 5 aromatic rings. The number of thioether (sulfide) groups is 1. The van der Waals surface area contributed by atoms with Crippen LogP contribution in [0.4, 0.5) is 5.13 Å². The Hall–Kier alpha value is -5.13. The molecule has 4 aromatic carbocycles. The second kappa shape index (κ2) is 14.2. The van der Waals surface area contributed by atoms with E-state index in [1.165, 1.54) is 28.0 Å². The highest BCUT2D eigenvalue weighted by atomic mass is 32.2. The molecule has 1 N–H and O–H groups in total. The Bertz CT molecular complexity index is 2030. The number of carbonyl (C=O) groups is 2. The van der Waals surface area contributed by atoms with Crippen molar-refractivity contribution in [1.82, 2.24) is 10.2 Å². The average Bonchev–Trinajstić information content (AvgIpc) is 3.82. The van der Waals surface area contributed by atoms with E-state index in [0.29, 0.717) is 52.4 Å². The second-order valence-corrected chi connectivity index (χ2v) is 13.8. The van der Waals surface area contributed by atoms with E-state index in [4.69, 9.17) is 14.2 Å². The van der Waals surface area contributed by atoms with Crippen LogP contribution in [-0.4, -0.2) is 39.7 Å². The van der Waals surface area contributed by atoms with Crippen molar-refractivity contribution in [1.29, 1.82) is 0 Å². The number of ketones is 1. The molecule has 0 spiro atoms. The van der Waals surface area contributed by atoms with Crippen LogP contribution in [0.15, 0.2) is 107 Å². The number of nitrogens with zero attached hydrogens (tertiary/aromatic N) is 3. The van der Waals surface area contributed by atoms with Crippen molar-refractivity contribution < 1.29 is 28.9 Å². The van der Waals surface area contributed by atoms with E-state index in [1.54, 1.807) is 30.3 Å². The summed E-state index contributed by atoms with van der Waals surface area (Å²) in [5, 5.41) is 20.7. The summed E-state index contributed by atoms with van der Waals surface area (Å²) in [5.41, 5.74) is 3.95. The molecule has 2 atom stereocenters. The quantitative estimate of drug-likeness (QED) is 0.0489. The van der Waals surface area contributed by atoms with Crippen LogP contribution in [-0.2, 0) is 28.4 Å². The Kier molecular flexibility index (Phi) is 9.36. The van der Waals surface area contributed by atoms with Crippen LogP contribution in [0.5, 0.6) is 17.2 Å². The third-order valence-electron chi connectivity index (χ3n) is 8.24. The van der Waals surface area contributed by atoms with Crippen molar-refractivity contribution in [3.05, 3.63) is 130 Å². The van der Waals surface area contributed by atoms with Gasteiger partial charge in [0.1, 0.15) is 24.2 Å². The summed E-state index contributed by atoms with van der Waals surface area (Å²) in [6.07, 6.45) is 0.675. The van der Waals surface area contributed by atoms with E-state index >= 15 is 0 Å². The summed E-state index contributed by atoms with van der Waals surface area (Å²) in [5.74, 6) is 0.463. The van der Waals surface area contributed by atoms with Crippen LogP contribution in [0.25, 0.3) is 5.76 Å². The van der Waals surface area contributed by atoms with Gasteiger partial charge in [0.15, 0.2) is 15.8 Å². The average molecular weight is 692 g/mol. The first kappa shape index (κ1) is 32.4. The Balaban J connectivity index is 1.28. The molecule has 2 aliphatic rings. The Morgan fingerprint density at radius 2 is 1.69 bits per heavy atom. The number of anilines is 1. The number of carbonyl (C=O) groups excluding carboxylic acids is 2. The maximum atomic E-state index is 13.9. The van der Waals surface area contributed by atoms with Gasteiger partial charge in [-0.05, 0) is 66.4 Å². The fourth-order valence-electron chi connectivity index (χ4n) is 5.97. The predicted molar refractivity (Wildman–Crippen MR) is 189 cm³/mol. The number of rotatable bonds is 11. The first-order valence-corrected chi connectivity index (χ1v) is 17.7. The Morgan fingerprint density at radius 3 is 2.45 bits per heavy atom. The summed E-state index contributed by atoms with van der Waals surface area (Å²) >= 11 is 2.71. The van der Waals surface area contributed by atoms with Crippen molar-refractivity contribution in [2.75, 3.05) is 11.5 Å². The summed E-state index contributed by atoms with van der Waals surface area (Å²) < 4.78 is 18.6. The first-order valence-electron chi connectivity index (χ1n) is 15.9. The van der Waals surface area contributed by atoms with Gasteiger partial charge in [-0.3, -0.25) is 14.5 Å². The SMILES string of the molecule is CCOc1cc([C@H]2/C(=C(\O)c3ccc4c(c3)C[C@H](C)O4)C(=O)C(=O)N2c2nnc(SCc3ccccc3)s2)ccc1OCc1ccccc1. The largest absolute Gasteiger partial charge is 0.507 e. The molecule has 248 valence electrons. The van der Waals surface area contributed by atoms with Gasteiger partial charge in [0, 0.05) is 17.7 Å². The van der Waals surface area contributed by atoms with Crippen LogP contribution in [0.1, 0.15) is 47.7 Å². The number of amides is 1. The third kappa shape index (κ3) is 6.77. The lowest BCUT2D eigenvalue weighted by atomic mass is 9.94. The minimum atomic E-state index is -1.01. The summed E-state index contributed by atoms with van der Waals surface area (Å²) in [6.45, 7) is 4.53. The molecular formula is C38H33N3O6S2. The van der Waals surface area contributed by atoms with E-state index in [2.05, 4.69) is 10.2 Å². The van der Waals surface area contributed by atoms with Gasteiger partial charge >= 0.3 is 5.91 Å². The molecule has 0 radical (unpaired) electrons. The third-order valence-corrected chi connectivity index (χ3v) is 10.4. The zero-order valence-electron chi connectivity index (χ0n) is 26.9. The number of aliphatic hydroxyl groups excluding tert-OH is 1. The monoisotopic (exact) mass is 691 g/mol. The van der Waals surface area contributed by atoms with Gasteiger partial charge in [0.2, 0.25) is 5.13 Å². The maximum absolute atomic E-state index is 13.9. The lowest BCUT2D eigenvalue weighted by Gasteiger charge is -2.24. The molecule has 2 aliphatic heterocycles. The number of Topliss-reactive ketones (excluding diaryl/α,β-unsaturated/α-hetero) is 1. The molecule has 7 rings (SSSR count). The fraction of sp³-hybridized carbons (Fsp3) is 0.211. The fourth-order valence-corrected chi connectivity index (χ4v) is 7.79. The summed E-state index contributed by atoms with van der Waals surface area (Å²) in [7, 11) is 0. The highest BCUT2D eigenvalue weighted by Crippen LogP contribution is 2.46. The Morgan fingerprint density at radius 1 is 0.939 bits per heavy atom. The van der Waals surface area contributed by atoms with Crippen molar-refractivity contribution in [3.63, 3.8) is 0 Å². The van der Waals surface area contributed by atoms with E-state index < -0.39 is 17.7 Å². The second-order valence-electron chi connectivity index (χ2n) is 11.7. The van der Waals surface area contributed by atoms with Crippen LogP contribution in [0.2, 0.25) is 0 Å². The molecule has 9 nitrogen and oxygen atoms in total. The number of fused-ring (bicyclic) bond motifs is 1. The van der Waals surface area contributed by atoms with E-state index in [1.807, 2.05) is 80.6 Å². The normalized spacial score (nSPS) is 18.0. The van der Waals surface area contributed by atoms with Gasteiger partial charge in [0.25, 0.3) is 5.78 Å². The van der Waals surface area contributed by atoms with E-state index in [9.17, 15) is 14.7 Å². The molecule has 11 heteroatoms. The number of hydrogen-bond acceptors (Lipinski definition) is 10. The molecule has 0 bridgehead atoms. The van der Waals surface area contributed by atoms with Gasteiger partial charge < -0.3 is 19.3 Å². The number of hydrogen-bond donors (Lipinski definition) is 1. The van der Waals surface area contributed by atoms with Crippen molar-refractivity contribution in [2.24, 2.45) is 0 Å². The molecule has 1 fully saturated rings. The van der Waals surface area contributed by atoms with Crippen LogP contribution in [0, 0.1) is 0 Å². The molecule has 1 amide bonds. The zero-order valence-corrected chi connectivity index (χ0v) is 28.5. The molecule has 49 heavy (non-hydrogen) atoms. The molecule has 0 saturated carbocycles. The van der Waals surface area contributed by atoms with E-state index in [0.717, 1.165) is 22.4 Å². The van der Waals surface area contributed by atoms with Crippen LogP contribution >= 0.6 is 23.1 Å². The van der Waals surface area contributed by atoms with Crippen molar-refractivity contribution >= 4 is 45.7 Å². The molecule has 3 heterocycles. The van der Waals surface area contributed by atoms with Gasteiger partial charge in [-0.1, -0.05) is 89.8 Å². The van der Waals surface area contributed by atoms with Crippen LogP contribution in [0.3, 0.4) is 0 Å². The first-order chi connectivity index (χ1) is 23.9. The molecule has 1 saturated heterocycles. The molecular weight excluding hydrogens is 659 g/mol. The van der Waals surface area contributed by atoms with Gasteiger partial charge in [-0.2, -0.15) is 0 Å². The molecule has 0 unspecified atom stereocenters. The smallest absolute Gasteiger partial charge is 0.301 e. The molecule has 1 aromatic heterocycles. The van der Waals surface area contributed by atoms with Crippen LogP contribution < -0.4 is 19.1 Å². The maximum Gasteiger partial charge on any atom is 0.301 e. The minimum absolute atomic E-state index is 0.00365. The van der Waals surface area contributed by atoms with E-state index in [-0.39, 0.29) is 22.6 Å². The van der Waals surface area contributed by atoms with Crippen molar-refractivity contribution in [2.45, 2.75) is 49.1 Å². The lowest BCUT2D eigenvalue weighted by Crippen LogP contribution is -2.29.